The van der Waals surface area contributed by atoms with E-state index in [-0.39, 0.29) is 12.0 Å². The van der Waals surface area contributed by atoms with E-state index >= 15 is 0 Å². The highest BCUT2D eigenvalue weighted by molar-refractivity contribution is 7.11. The number of aryl methyl sites for hydroxylation is 2. The first-order valence-corrected chi connectivity index (χ1v) is 8.52. The minimum Gasteiger partial charge on any atom is -0.393 e. The van der Waals surface area contributed by atoms with Crippen LogP contribution in [0.3, 0.4) is 0 Å². The minimum absolute atomic E-state index is 0.210. The van der Waals surface area contributed by atoms with Crippen LogP contribution < -0.4 is 0 Å². The van der Waals surface area contributed by atoms with Crippen LogP contribution in [0.2, 0.25) is 0 Å². The van der Waals surface area contributed by atoms with Crippen molar-refractivity contribution in [1.82, 2.24) is 15.0 Å². The molecular weight excluding hydrogens is 286 g/mol. The zero-order valence-corrected chi connectivity index (χ0v) is 13.7. The monoisotopic (exact) mass is 311 g/mol. The van der Waals surface area contributed by atoms with Crippen molar-refractivity contribution in [1.29, 1.82) is 0 Å². The first-order valence-electron chi connectivity index (χ1n) is 7.71. The van der Waals surface area contributed by atoms with Gasteiger partial charge in [0.2, 0.25) is 5.91 Å². The fourth-order valence-corrected chi connectivity index (χ4v) is 3.38. The van der Waals surface area contributed by atoms with Gasteiger partial charge in [0.25, 0.3) is 0 Å². The first-order chi connectivity index (χ1) is 10.1. The molecule has 1 aromatic rings. The standard InChI is InChI=1S/C15H25N3O2S/c1-12(19)7-10-17-8-4-6-15(20)18(17)9-3-5-14-16-11-13(2)21-14/h11-12,19H,3-10H2,1-2H3. The molecular formula is C15H25N3O2S. The van der Waals surface area contributed by atoms with Gasteiger partial charge < -0.3 is 5.11 Å². The lowest BCUT2D eigenvalue weighted by molar-refractivity contribution is -0.156. The molecule has 1 aromatic heterocycles. The lowest BCUT2D eigenvalue weighted by atomic mass is 10.2. The van der Waals surface area contributed by atoms with Gasteiger partial charge in [0.15, 0.2) is 0 Å². The van der Waals surface area contributed by atoms with Crippen LogP contribution in [0.4, 0.5) is 0 Å². The van der Waals surface area contributed by atoms with Crippen molar-refractivity contribution in [3.05, 3.63) is 16.1 Å². The van der Waals surface area contributed by atoms with Crippen molar-refractivity contribution >= 4 is 17.2 Å². The molecule has 1 saturated heterocycles. The molecule has 1 unspecified atom stereocenters. The first kappa shape index (κ1) is 16.4. The minimum atomic E-state index is -0.317. The van der Waals surface area contributed by atoms with Gasteiger partial charge >= 0.3 is 0 Å². The van der Waals surface area contributed by atoms with E-state index in [9.17, 15) is 9.90 Å². The number of thiazole rings is 1. The van der Waals surface area contributed by atoms with E-state index in [1.54, 1.807) is 18.3 Å². The Hall–Kier alpha value is -0.980. The van der Waals surface area contributed by atoms with Crippen molar-refractivity contribution in [2.45, 2.75) is 52.1 Å². The number of aromatic nitrogens is 1. The van der Waals surface area contributed by atoms with Gasteiger partial charge in [-0.25, -0.2) is 9.99 Å². The van der Waals surface area contributed by atoms with Crippen LogP contribution in [-0.2, 0) is 11.2 Å². The maximum atomic E-state index is 12.1. The summed E-state index contributed by atoms with van der Waals surface area (Å²) in [5.74, 6) is 0.210. The highest BCUT2D eigenvalue weighted by Gasteiger charge is 2.25. The molecule has 0 spiro atoms. The van der Waals surface area contributed by atoms with E-state index in [1.165, 1.54) is 4.88 Å². The number of hydrazine groups is 1. The lowest BCUT2D eigenvalue weighted by Gasteiger charge is -2.38. The molecule has 2 heterocycles. The number of carbonyl (C=O) groups excluding carboxylic acids is 1. The molecule has 6 heteroatoms. The summed E-state index contributed by atoms with van der Waals surface area (Å²) in [5, 5.41) is 14.6. The Morgan fingerprint density at radius 2 is 2.29 bits per heavy atom. The van der Waals surface area contributed by atoms with E-state index in [0.29, 0.717) is 12.8 Å². The van der Waals surface area contributed by atoms with Gasteiger partial charge in [-0.2, -0.15) is 0 Å². The van der Waals surface area contributed by atoms with Gasteiger partial charge in [0, 0.05) is 43.5 Å². The molecule has 0 aromatic carbocycles. The second-order valence-electron chi connectivity index (χ2n) is 5.68. The van der Waals surface area contributed by atoms with Crippen LogP contribution >= 0.6 is 11.3 Å². The van der Waals surface area contributed by atoms with E-state index in [0.717, 1.165) is 43.9 Å². The second-order valence-corrected chi connectivity index (χ2v) is 7.00. The van der Waals surface area contributed by atoms with Gasteiger partial charge in [0.05, 0.1) is 11.1 Å². The fraction of sp³-hybridized carbons (Fsp3) is 0.733. The number of hydrogen-bond acceptors (Lipinski definition) is 5. The van der Waals surface area contributed by atoms with Gasteiger partial charge in [-0.05, 0) is 33.1 Å². The van der Waals surface area contributed by atoms with Crippen molar-refractivity contribution in [2.75, 3.05) is 19.6 Å². The smallest absolute Gasteiger partial charge is 0.236 e. The number of aliphatic hydroxyl groups excluding tert-OH is 1. The van der Waals surface area contributed by atoms with Crippen molar-refractivity contribution < 1.29 is 9.90 Å². The highest BCUT2D eigenvalue weighted by Crippen LogP contribution is 2.17. The maximum Gasteiger partial charge on any atom is 0.236 e. The zero-order chi connectivity index (χ0) is 15.2. The van der Waals surface area contributed by atoms with Crippen LogP contribution in [0.1, 0.15) is 42.5 Å². The Labute approximate surface area is 130 Å². The predicted molar refractivity (Wildman–Crippen MR) is 84.0 cm³/mol. The molecule has 0 saturated carbocycles. The Morgan fingerprint density at radius 3 is 2.95 bits per heavy atom. The molecule has 5 nitrogen and oxygen atoms in total. The van der Waals surface area contributed by atoms with Gasteiger partial charge in [0.1, 0.15) is 0 Å². The summed E-state index contributed by atoms with van der Waals surface area (Å²) < 4.78 is 0. The maximum absolute atomic E-state index is 12.1. The average molecular weight is 311 g/mol. The summed E-state index contributed by atoms with van der Waals surface area (Å²) in [4.78, 5) is 17.7. The number of amides is 1. The average Bonchev–Trinajstić information content (AvgIpc) is 2.84. The van der Waals surface area contributed by atoms with E-state index in [1.807, 2.05) is 11.2 Å². The Kier molecular flexibility index (Phi) is 6.14. The number of rotatable bonds is 7. The molecule has 1 aliphatic heterocycles. The van der Waals surface area contributed by atoms with Crippen LogP contribution in [-0.4, -0.2) is 51.8 Å². The molecule has 0 bridgehead atoms. The molecule has 1 atom stereocenters. The highest BCUT2D eigenvalue weighted by atomic mass is 32.1. The quantitative estimate of drug-likeness (QED) is 0.837. The van der Waals surface area contributed by atoms with E-state index < -0.39 is 0 Å². The molecule has 0 radical (unpaired) electrons. The Balaban J connectivity index is 1.83. The zero-order valence-electron chi connectivity index (χ0n) is 12.9. The Bertz CT molecular complexity index is 462. The fourth-order valence-electron chi connectivity index (χ4n) is 2.55. The largest absolute Gasteiger partial charge is 0.393 e. The topological polar surface area (TPSA) is 56.7 Å². The van der Waals surface area contributed by atoms with Gasteiger partial charge in [-0.3, -0.25) is 9.80 Å². The van der Waals surface area contributed by atoms with Crippen molar-refractivity contribution in [2.24, 2.45) is 0 Å². The number of aliphatic hydroxyl groups is 1. The van der Waals surface area contributed by atoms with Crippen molar-refractivity contribution in [3.8, 4) is 0 Å². The summed E-state index contributed by atoms with van der Waals surface area (Å²) >= 11 is 1.73. The molecule has 1 amide bonds. The SMILES string of the molecule is Cc1cnc(CCCN2C(=O)CCCN2CCC(C)O)s1. The summed E-state index contributed by atoms with van der Waals surface area (Å²) in [7, 11) is 0. The Morgan fingerprint density at radius 1 is 1.48 bits per heavy atom. The predicted octanol–water partition coefficient (Wildman–Crippen LogP) is 1.99. The third kappa shape index (κ3) is 5.05. The molecule has 2 rings (SSSR count). The van der Waals surface area contributed by atoms with E-state index in [2.05, 4.69) is 16.9 Å². The van der Waals surface area contributed by atoms with Crippen LogP contribution in [0.15, 0.2) is 6.20 Å². The molecule has 0 aliphatic carbocycles. The third-order valence-electron chi connectivity index (χ3n) is 3.67. The van der Waals surface area contributed by atoms with Crippen LogP contribution in [0.25, 0.3) is 0 Å². The number of nitrogens with zero attached hydrogens (tertiary/aromatic N) is 3. The van der Waals surface area contributed by atoms with Gasteiger partial charge in [-0.1, -0.05) is 0 Å². The number of hydrogen-bond donors (Lipinski definition) is 1. The normalized spacial score (nSPS) is 18.2. The number of carbonyl (C=O) groups is 1. The molecule has 1 N–H and O–H groups in total. The summed E-state index contributed by atoms with van der Waals surface area (Å²) in [5.41, 5.74) is 0. The molecule has 118 valence electrons. The summed E-state index contributed by atoms with van der Waals surface area (Å²) in [6.45, 7) is 6.26. The van der Waals surface area contributed by atoms with Gasteiger partial charge in [-0.15, -0.1) is 11.3 Å². The van der Waals surface area contributed by atoms with Crippen LogP contribution in [0, 0.1) is 6.92 Å². The van der Waals surface area contributed by atoms with Crippen LogP contribution in [0.5, 0.6) is 0 Å². The lowest BCUT2D eigenvalue weighted by Crippen LogP contribution is -2.51. The molecule has 21 heavy (non-hydrogen) atoms. The second kappa shape index (κ2) is 7.87. The van der Waals surface area contributed by atoms with Crippen molar-refractivity contribution in [3.63, 3.8) is 0 Å². The summed E-state index contributed by atoms with van der Waals surface area (Å²) in [6, 6.07) is 0. The third-order valence-corrected chi connectivity index (χ3v) is 4.64. The van der Waals surface area contributed by atoms with E-state index in [4.69, 9.17) is 0 Å². The summed E-state index contributed by atoms with van der Waals surface area (Å²) in [6.07, 6.45) is 5.71. The molecule has 1 aliphatic rings. The molecule has 1 fully saturated rings.